The van der Waals surface area contributed by atoms with Gasteiger partial charge in [-0.2, -0.15) is 0 Å². The van der Waals surface area contributed by atoms with Gasteiger partial charge in [0.1, 0.15) is 0 Å². The van der Waals surface area contributed by atoms with Gasteiger partial charge in [0.15, 0.2) is 0 Å². The molecule has 0 nitrogen and oxygen atoms in total. The second-order valence-electron chi connectivity index (χ2n) is 6.65. The van der Waals surface area contributed by atoms with E-state index in [2.05, 4.69) is 49.0 Å². The van der Waals surface area contributed by atoms with Crippen molar-refractivity contribution < 1.29 is 0 Å². The molecular weight excluding hydrogens is 276 g/mol. The van der Waals surface area contributed by atoms with E-state index < -0.39 is 0 Å². The van der Waals surface area contributed by atoms with Crippen LogP contribution in [0.4, 0.5) is 0 Å². The summed E-state index contributed by atoms with van der Waals surface area (Å²) in [5, 5.41) is 2.82. The van der Waals surface area contributed by atoms with Crippen molar-refractivity contribution in [2.24, 2.45) is 0 Å². The molecule has 0 aromatic heterocycles. The maximum atomic E-state index is 3.78. The monoisotopic (exact) mass is 308 g/mol. The first-order valence-corrected chi connectivity index (χ1v) is 9.49. The number of hydrogen-bond acceptors (Lipinski definition) is 0. The molecule has 0 bridgehead atoms. The molecule has 0 aliphatic carbocycles. The minimum absolute atomic E-state index is 1.19. The van der Waals surface area contributed by atoms with E-state index in [-0.39, 0.29) is 0 Å². The van der Waals surface area contributed by atoms with E-state index >= 15 is 0 Å². The minimum atomic E-state index is 1.19. The molecular formula is C23H32. The van der Waals surface area contributed by atoms with Gasteiger partial charge in [-0.25, -0.2) is 0 Å². The maximum absolute atomic E-state index is 3.78. The average molecular weight is 309 g/mol. The van der Waals surface area contributed by atoms with E-state index in [1.807, 2.05) is 6.08 Å². The van der Waals surface area contributed by atoms with Crippen molar-refractivity contribution >= 4 is 10.8 Å². The van der Waals surface area contributed by atoms with Crippen molar-refractivity contribution in [2.45, 2.75) is 70.6 Å². The van der Waals surface area contributed by atoms with Crippen molar-refractivity contribution in [1.29, 1.82) is 0 Å². The lowest BCUT2D eigenvalue weighted by molar-refractivity contribution is 0.560. The topological polar surface area (TPSA) is 0 Å². The summed E-state index contributed by atoms with van der Waals surface area (Å²) in [6.45, 7) is 3.78. The highest BCUT2D eigenvalue weighted by molar-refractivity contribution is 5.85. The summed E-state index contributed by atoms with van der Waals surface area (Å²) in [4.78, 5) is 0. The highest BCUT2D eigenvalue weighted by atomic mass is 14.0. The van der Waals surface area contributed by atoms with Crippen LogP contribution in [-0.2, 0) is 6.42 Å². The number of benzene rings is 2. The normalized spacial score (nSPS) is 11.0. The summed E-state index contributed by atoms with van der Waals surface area (Å²) >= 11 is 0. The first-order chi connectivity index (χ1) is 11.4. The Bertz CT molecular complexity index is 562. The Labute approximate surface area is 142 Å². The Balaban J connectivity index is 1.54. The first-order valence-electron chi connectivity index (χ1n) is 9.49. The average Bonchev–Trinajstić information content (AvgIpc) is 2.60. The molecule has 124 valence electrons. The summed E-state index contributed by atoms with van der Waals surface area (Å²) in [5.41, 5.74) is 1.52. The van der Waals surface area contributed by atoms with Gasteiger partial charge in [-0.1, -0.05) is 93.5 Å². The first kappa shape index (κ1) is 17.8. The van der Waals surface area contributed by atoms with Crippen LogP contribution in [-0.4, -0.2) is 0 Å². The zero-order chi connectivity index (χ0) is 16.2. The Morgan fingerprint density at radius 3 is 2.00 bits per heavy atom. The number of fused-ring (bicyclic) bond motifs is 1. The van der Waals surface area contributed by atoms with E-state index in [4.69, 9.17) is 0 Å². The molecule has 0 spiro atoms. The fraction of sp³-hybridized carbons (Fsp3) is 0.478. The molecule has 23 heavy (non-hydrogen) atoms. The van der Waals surface area contributed by atoms with Gasteiger partial charge in [-0.15, -0.1) is 6.58 Å². The molecule has 0 heteroatoms. The predicted molar refractivity (Wildman–Crippen MR) is 104 cm³/mol. The van der Waals surface area contributed by atoms with Crippen LogP contribution in [0.5, 0.6) is 0 Å². The molecule has 2 rings (SSSR count). The summed E-state index contributed by atoms with van der Waals surface area (Å²) in [5.74, 6) is 0. The quantitative estimate of drug-likeness (QED) is 0.282. The lowest BCUT2D eigenvalue weighted by atomic mass is 9.99. The van der Waals surface area contributed by atoms with E-state index in [1.54, 1.807) is 0 Å². The van der Waals surface area contributed by atoms with E-state index in [9.17, 15) is 0 Å². The van der Waals surface area contributed by atoms with Crippen LogP contribution >= 0.6 is 0 Å². The van der Waals surface area contributed by atoms with Gasteiger partial charge < -0.3 is 0 Å². The summed E-state index contributed by atoms with van der Waals surface area (Å²) in [6, 6.07) is 15.5. The summed E-state index contributed by atoms with van der Waals surface area (Å²) < 4.78 is 0. The molecule has 0 aliphatic rings. The number of hydrogen-bond donors (Lipinski definition) is 0. The zero-order valence-electron chi connectivity index (χ0n) is 14.6. The molecule has 2 aromatic rings. The minimum Gasteiger partial charge on any atom is -0.103 e. The Kier molecular flexibility index (Phi) is 8.55. The fourth-order valence-corrected chi connectivity index (χ4v) is 3.35. The van der Waals surface area contributed by atoms with E-state index in [1.165, 1.54) is 87.0 Å². The lowest BCUT2D eigenvalue weighted by Gasteiger charge is -2.06. The van der Waals surface area contributed by atoms with Crippen molar-refractivity contribution in [3.8, 4) is 0 Å². The SMILES string of the molecule is C=CCCCCCCCCCCCc1cccc2ccccc12. The molecule has 0 N–H and O–H groups in total. The fourth-order valence-electron chi connectivity index (χ4n) is 3.35. The van der Waals surface area contributed by atoms with Gasteiger partial charge in [-0.3, -0.25) is 0 Å². The highest BCUT2D eigenvalue weighted by Gasteiger charge is 2.00. The summed E-state index contributed by atoms with van der Waals surface area (Å²) in [7, 11) is 0. The number of unbranched alkanes of at least 4 members (excludes halogenated alkanes) is 9. The van der Waals surface area contributed by atoms with Gasteiger partial charge >= 0.3 is 0 Å². The van der Waals surface area contributed by atoms with Crippen LogP contribution in [0.1, 0.15) is 69.8 Å². The molecule has 0 unspecified atom stereocenters. The van der Waals surface area contributed by atoms with Gasteiger partial charge in [0.2, 0.25) is 0 Å². The van der Waals surface area contributed by atoms with Crippen LogP contribution < -0.4 is 0 Å². The Morgan fingerprint density at radius 1 is 0.652 bits per heavy atom. The van der Waals surface area contributed by atoms with Crippen LogP contribution in [0.3, 0.4) is 0 Å². The van der Waals surface area contributed by atoms with E-state index in [0.29, 0.717) is 0 Å². The predicted octanol–water partition coefficient (Wildman–Crippen LogP) is 7.47. The van der Waals surface area contributed by atoms with Crippen LogP contribution in [0.2, 0.25) is 0 Å². The third kappa shape index (κ3) is 6.60. The maximum Gasteiger partial charge on any atom is -0.0152 e. The molecule has 0 amide bonds. The summed E-state index contributed by atoms with van der Waals surface area (Å²) in [6.07, 6.45) is 16.9. The van der Waals surface area contributed by atoms with Gasteiger partial charge in [0, 0.05) is 0 Å². The number of aryl methyl sites for hydroxylation is 1. The lowest BCUT2D eigenvalue weighted by Crippen LogP contribution is -1.88. The molecule has 2 aromatic carbocycles. The van der Waals surface area contributed by atoms with Gasteiger partial charge in [0.05, 0.1) is 0 Å². The molecule has 0 heterocycles. The van der Waals surface area contributed by atoms with Gasteiger partial charge in [-0.05, 0) is 42.0 Å². The Morgan fingerprint density at radius 2 is 1.26 bits per heavy atom. The second kappa shape index (κ2) is 11.0. The van der Waals surface area contributed by atoms with Crippen molar-refractivity contribution in [1.82, 2.24) is 0 Å². The number of allylic oxidation sites excluding steroid dienone is 1. The third-order valence-electron chi connectivity index (χ3n) is 4.73. The van der Waals surface area contributed by atoms with Crippen LogP contribution in [0, 0.1) is 0 Å². The molecule has 0 radical (unpaired) electrons. The number of rotatable bonds is 12. The van der Waals surface area contributed by atoms with Gasteiger partial charge in [0.25, 0.3) is 0 Å². The van der Waals surface area contributed by atoms with E-state index in [0.717, 1.165) is 0 Å². The smallest absolute Gasteiger partial charge is 0.0152 e. The molecule has 0 atom stereocenters. The molecule has 0 saturated heterocycles. The van der Waals surface area contributed by atoms with Crippen molar-refractivity contribution in [3.05, 3.63) is 60.7 Å². The van der Waals surface area contributed by atoms with Crippen LogP contribution in [0.25, 0.3) is 10.8 Å². The van der Waals surface area contributed by atoms with Crippen molar-refractivity contribution in [2.75, 3.05) is 0 Å². The third-order valence-corrected chi connectivity index (χ3v) is 4.73. The molecule has 0 fully saturated rings. The standard InChI is InChI=1S/C23H32/c1-2-3-4-5-6-7-8-9-10-11-12-16-21-18-15-19-22-17-13-14-20-23(21)22/h2,13-15,17-20H,1,3-12,16H2. The zero-order valence-corrected chi connectivity index (χ0v) is 14.6. The largest absolute Gasteiger partial charge is 0.103 e. The Hall–Kier alpha value is -1.56. The van der Waals surface area contributed by atoms with Crippen LogP contribution in [0.15, 0.2) is 55.1 Å². The molecule has 0 saturated carbocycles. The van der Waals surface area contributed by atoms with Crippen molar-refractivity contribution in [3.63, 3.8) is 0 Å². The molecule has 0 aliphatic heterocycles. The second-order valence-corrected chi connectivity index (χ2v) is 6.65. The highest BCUT2D eigenvalue weighted by Crippen LogP contribution is 2.20.